The first kappa shape index (κ1) is 11.5. The second kappa shape index (κ2) is 4.77. The summed E-state index contributed by atoms with van der Waals surface area (Å²) in [7, 11) is 3.76. The van der Waals surface area contributed by atoms with E-state index in [-0.39, 0.29) is 5.78 Å². The molecule has 15 heavy (non-hydrogen) atoms. The van der Waals surface area contributed by atoms with Crippen LogP contribution >= 0.6 is 0 Å². The van der Waals surface area contributed by atoms with E-state index < -0.39 is 0 Å². The van der Waals surface area contributed by atoms with Gasteiger partial charge in [0, 0.05) is 39.1 Å². The molecule has 4 heteroatoms. The van der Waals surface area contributed by atoms with Gasteiger partial charge >= 0.3 is 0 Å². The highest BCUT2D eigenvalue weighted by Crippen LogP contribution is 2.07. The Morgan fingerprint density at radius 2 is 2.27 bits per heavy atom. The van der Waals surface area contributed by atoms with Crippen LogP contribution in [0.1, 0.15) is 23.0 Å². The topological polar surface area (TPSA) is 38.1 Å². The number of aromatic nitrogens is 2. The molecule has 0 N–H and O–H groups in total. The molecule has 0 spiro atoms. The highest BCUT2D eigenvalue weighted by atomic mass is 16.1. The summed E-state index contributed by atoms with van der Waals surface area (Å²) in [6.45, 7) is 4.63. The third kappa shape index (κ3) is 2.94. The van der Waals surface area contributed by atoms with E-state index in [4.69, 9.17) is 0 Å². The molecular formula is C11H17N3O. The van der Waals surface area contributed by atoms with E-state index in [1.54, 1.807) is 23.2 Å². The average molecular weight is 207 g/mol. The number of allylic oxidation sites excluding steroid dienone is 1. The highest BCUT2D eigenvalue weighted by molar-refractivity contribution is 6.05. The van der Waals surface area contributed by atoms with Gasteiger partial charge in [-0.25, -0.2) is 0 Å². The van der Waals surface area contributed by atoms with Crippen molar-refractivity contribution in [3.8, 4) is 0 Å². The van der Waals surface area contributed by atoms with Crippen molar-refractivity contribution in [1.82, 2.24) is 14.7 Å². The van der Waals surface area contributed by atoms with E-state index in [2.05, 4.69) is 5.10 Å². The Balaban J connectivity index is 2.86. The van der Waals surface area contributed by atoms with Gasteiger partial charge in [-0.05, 0) is 13.8 Å². The van der Waals surface area contributed by atoms with Crippen molar-refractivity contribution in [1.29, 1.82) is 0 Å². The first-order valence-electron chi connectivity index (χ1n) is 4.97. The lowest BCUT2D eigenvalue weighted by Crippen LogP contribution is -2.03. The monoisotopic (exact) mass is 207 g/mol. The molecule has 0 amide bonds. The van der Waals surface area contributed by atoms with Crippen LogP contribution in [0, 0.1) is 6.92 Å². The Labute approximate surface area is 90.2 Å². The predicted molar refractivity (Wildman–Crippen MR) is 59.8 cm³/mol. The molecule has 1 aromatic heterocycles. The molecule has 0 saturated carbocycles. The van der Waals surface area contributed by atoms with Crippen molar-refractivity contribution in [2.24, 2.45) is 0 Å². The van der Waals surface area contributed by atoms with Crippen LogP contribution in [0.3, 0.4) is 0 Å². The number of ketones is 1. The van der Waals surface area contributed by atoms with Crippen molar-refractivity contribution in [2.45, 2.75) is 20.4 Å². The number of rotatable bonds is 4. The van der Waals surface area contributed by atoms with Crippen molar-refractivity contribution < 1.29 is 4.79 Å². The Kier molecular flexibility index (Phi) is 3.66. The normalized spacial score (nSPS) is 10.9. The second-order valence-corrected chi connectivity index (χ2v) is 3.63. The number of nitrogens with zero attached hydrogens (tertiary/aromatic N) is 3. The van der Waals surface area contributed by atoms with Crippen LogP contribution in [-0.4, -0.2) is 34.6 Å². The van der Waals surface area contributed by atoms with Gasteiger partial charge in [-0.3, -0.25) is 9.48 Å². The molecule has 0 aliphatic carbocycles. The fourth-order valence-electron chi connectivity index (χ4n) is 1.23. The van der Waals surface area contributed by atoms with Gasteiger partial charge in [-0.15, -0.1) is 0 Å². The summed E-state index contributed by atoms with van der Waals surface area (Å²) in [6.07, 6.45) is 5.09. The maximum Gasteiger partial charge on any atom is 0.190 e. The molecule has 0 aliphatic heterocycles. The lowest BCUT2D eigenvalue weighted by Gasteiger charge is -2.01. The largest absolute Gasteiger partial charge is 0.383 e. The zero-order valence-electron chi connectivity index (χ0n) is 9.69. The van der Waals surface area contributed by atoms with E-state index >= 15 is 0 Å². The van der Waals surface area contributed by atoms with E-state index in [0.29, 0.717) is 5.56 Å². The molecule has 0 aliphatic rings. The molecule has 0 saturated heterocycles. The van der Waals surface area contributed by atoms with Gasteiger partial charge in [-0.2, -0.15) is 5.10 Å². The number of hydrogen-bond acceptors (Lipinski definition) is 3. The van der Waals surface area contributed by atoms with Crippen molar-refractivity contribution in [3.05, 3.63) is 29.7 Å². The second-order valence-electron chi connectivity index (χ2n) is 3.63. The van der Waals surface area contributed by atoms with Crippen LogP contribution in [-0.2, 0) is 6.54 Å². The van der Waals surface area contributed by atoms with E-state index in [1.165, 1.54) is 0 Å². The summed E-state index contributed by atoms with van der Waals surface area (Å²) in [4.78, 5) is 13.6. The predicted octanol–water partition coefficient (Wildman–Crippen LogP) is 1.47. The van der Waals surface area contributed by atoms with Crippen LogP contribution in [0.4, 0.5) is 0 Å². The minimum Gasteiger partial charge on any atom is -0.383 e. The summed E-state index contributed by atoms with van der Waals surface area (Å²) in [5.74, 6) is 0.000833. The Hall–Kier alpha value is -1.58. The third-order valence-electron chi connectivity index (χ3n) is 2.06. The molecule has 0 fully saturated rings. The quantitative estimate of drug-likeness (QED) is 0.554. The smallest absolute Gasteiger partial charge is 0.190 e. The SMILES string of the molecule is CCn1cc(C(=O)/C=C\N(C)C)c(C)n1. The summed E-state index contributed by atoms with van der Waals surface area (Å²) in [6, 6.07) is 0. The van der Waals surface area contributed by atoms with Gasteiger partial charge in [0.05, 0.1) is 11.3 Å². The molecule has 0 unspecified atom stereocenters. The van der Waals surface area contributed by atoms with E-state index in [0.717, 1.165) is 12.2 Å². The van der Waals surface area contributed by atoms with Crippen molar-refractivity contribution in [3.63, 3.8) is 0 Å². The molecule has 0 bridgehead atoms. The van der Waals surface area contributed by atoms with E-state index in [9.17, 15) is 4.79 Å². The number of aryl methyl sites for hydroxylation is 2. The number of carbonyl (C=O) groups is 1. The number of carbonyl (C=O) groups excluding carboxylic acids is 1. The molecule has 0 radical (unpaired) electrons. The molecule has 4 nitrogen and oxygen atoms in total. The Morgan fingerprint density at radius 1 is 1.60 bits per heavy atom. The van der Waals surface area contributed by atoms with Crippen molar-refractivity contribution in [2.75, 3.05) is 14.1 Å². The molecule has 1 rings (SSSR count). The van der Waals surface area contributed by atoms with E-state index in [1.807, 2.05) is 32.8 Å². The summed E-state index contributed by atoms with van der Waals surface area (Å²) in [5.41, 5.74) is 1.46. The zero-order chi connectivity index (χ0) is 11.4. The van der Waals surface area contributed by atoms with Crippen LogP contribution < -0.4 is 0 Å². The maximum absolute atomic E-state index is 11.7. The molecule has 0 atom stereocenters. The Bertz CT molecular complexity index is 377. The lowest BCUT2D eigenvalue weighted by molar-refractivity contribution is 0.104. The highest BCUT2D eigenvalue weighted by Gasteiger charge is 2.09. The van der Waals surface area contributed by atoms with Crippen molar-refractivity contribution >= 4 is 5.78 Å². The van der Waals surface area contributed by atoms with Gasteiger partial charge in [0.25, 0.3) is 0 Å². The van der Waals surface area contributed by atoms with Gasteiger partial charge in [0.1, 0.15) is 0 Å². The fraction of sp³-hybridized carbons (Fsp3) is 0.455. The van der Waals surface area contributed by atoms with Gasteiger partial charge < -0.3 is 4.90 Å². The minimum absolute atomic E-state index is 0.000833. The summed E-state index contributed by atoms with van der Waals surface area (Å²) < 4.78 is 1.77. The molecule has 1 heterocycles. The van der Waals surface area contributed by atoms with Gasteiger partial charge in [-0.1, -0.05) is 0 Å². The van der Waals surface area contributed by atoms with Crippen LogP contribution in [0.2, 0.25) is 0 Å². The number of hydrogen-bond donors (Lipinski definition) is 0. The molecule has 1 aromatic rings. The minimum atomic E-state index is 0.000833. The van der Waals surface area contributed by atoms with Crippen LogP contribution in [0.5, 0.6) is 0 Å². The first-order valence-corrected chi connectivity index (χ1v) is 4.97. The van der Waals surface area contributed by atoms with Crippen LogP contribution in [0.25, 0.3) is 0 Å². The van der Waals surface area contributed by atoms with Crippen LogP contribution in [0.15, 0.2) is 18.5 Å². The Morgan fingerprint density at radius 3 is 2.73 bits per heavy atom. The van der Waals surface area contributed by atoms with Gasteiger partial charge in [0.15, 0.2) is 5.78 Å². The third-order valence-corrected chi connectivity index (χ3v) is 2.06. The fourth-order valence-corrected chi connectivity index (χ4v) is 1.23. The first-order chi connectivity index (χ1) is 7.04. The zero-order valence-corrected chi connectivity index (χ0v) is 9.69. The van der Waals surface area contributed by atoms with Gasteiger partial charge in [0.2, 0.25) is 0 Å². The molecule has 82 valence electrons. The lowest BCUT2D eigenvalue weighted by atomic mass is 10.2. The summed E-state index contributed by atoms with van der Waals surface area (Å²) >= 11 is 0. The average Bonchev–Trinajstić information content (AvgIpc) is 2.56. The molecule has 0 aromatic carbocycles. The standard InChI is InChI=1S/C11H17N3O/c1-5-14-8-10(9(2)12-14)11(15)6-7-13(3)4/h6-8H,5H2,1-4H3/b7-6-. The summed E-state index contributed by atoms with van der Waals surface area (Å²) in [5, 5.41) is 4.23. The maximum atomic E-state index is 11.7. The molecular weight excluding hydrogens is 190 g/mol.